The minimum Gasteiger partial charge on any atom is -0.392 e. The lowest BCUT2D eigenvalue weighted by atomic mass is 9.55. The molecule has 3 unspecified atom stereocenters. The summed E-state index contributed by atoms with van der Waals surface area (Å²) in [5, 5.41) is 10.7. The van der Waals surface area contributed by atoms with Crippen molar-refractivity contribution in [1.82, 2.24) is 0 Å². The van der Waals surface area contributed by atoms with E-state index < -0.39 is 0 Å². The normalized spacial score (nSPS) is 42.9. The molecule has 0 bridgehead atoms. The van der Waals surface area contributed by atoms with Gasteiger partial charge in [0.1, 0.15) is 0 Å². The first-order chi connectivity index (χ1) is 10.5. The monoisotopic (exact) mass is 294 g/mol. The van der Waals surface area contributed by atoms with E-state index in [4.69, 9.17) is 6.42 Å². The summed E-state index contributed by atoms with van der Waals surface area (Å²) in [7, 11) is 0. The third-order valence-corrected chi connectivity index (χ3v) is 7.17. The zero-order chi connectivity index (χ0) is 15.5. The predicted molar refractivity (Wildman–Crippen MR) is 89.5 cm³/mol. The zero-order valence-electron chi connectivity index (χ0n) is 13.7. The van der Waals surface area contributed by atoms with Crippen LogP contribution in [0.2, 0.25) is 0 Å². The molecule has 0 heterocycles. The van der Waals surface area contributed by atoms with E-state index in [0.717, 1.165) is 17.9 Å². The number of aryl methyl sites for hydroxylation is 1. The van der Waals surface area contributed by atoms with Gasteiger partial charge in [-0.3, -0.25) is 0 Å². The van der Waals surface area contributed by atoms with E-state index in [9.17, 15) is 5.11 Å². The van der Waals surface area contributed by atoms with Crippen LogP contribution >= 0.6 is 0 Å². The standard InChI is InChI=1S/C21H26O/c1-4-14-5-7-16-15(12-14)6-8-18-17(16)9-10-21(3)19(18)11-13(2)20(21)22/h1,5,7,12-13,17-20,22H,6,8-11H2,2-3H3/t13-,17?,18?,19?,20+,21+/m1/s1. The number of aliphatic hydroxyl groups is 1. The topological polar surface area (TPSA) is 20.2 Å². The number of benzene rings is 1. The number of aliphatic hydroxyl groups excluding tert-OH is 1. The van der Waals surface area contributed by atoms with Gasteiger partial charge in [-0.1, -0.05) is 25.8 Å². The van der Waals surface area contributed by atoms with Gasteiger partial charge in [0.05, 0.1) is 6.10 Å². The molecule has 0 aromatic heterocycles. The van der Waals surface area contributed by atoms with Gasteiger partial charge in [0.25, 0.3) is 0 Å². The molecule has 1 N–H and O–H groups in total. The van der Waals surface area contributed by atoms with Crippen molar-refractivity contribution in [1.29, 1.82) is 0 Å². The molecule has 0 amide bonds. The Bertz CT molecular complexity index is 640. The van der Waals surface area contributed by atoms with Crippen LogP contribution in [0.1, 0.15) is 62.1 Å². The molecule has 1 heteroatoms. The van der Waals surface area contributed by atoms with E-state index >= 15 is 0 Å². The number of hydrogen-bond donors (Lipinski definition) is 1. The van der Waals surface area contributed by atoms with Gasteiger partial charge >= 0.3 is 0 Å². The smallest absolute Gasteiger partial charge is 0.0622 e. The first-order valence-electron chi connectivity index (χ1n) is 8.82. The highest BCUT2D eigenvalue weighted by Crippen LogP contribution is 2.62. The fourth-order valence-corrected chi connectivity index (χ4v) is 6.01. The van der Waals surface area contributed by atoms with Crippen LogP contribution in [0.4, 0.5) is 0 Å². The summed E-state index contributed by atoms with van der Waals surface area (Å²) in [5.41, 5.74) is 4.19. The molecular formula is C21H26O. The Hall–Kier alpha value is -1.26. The van der Waals surface area contributed by atoms with E-state index in [2.05, 4.69) is 38.0 Å². The van der Waals surface area contributed by atoms with Crippen molar-refractivity contribution in [3.8, 4) is 12.3 Å². The Kier molecular flexibility index (Phi) is 3.17. The molecule has 2 fully saturated rings. The van der Waals surface area contributed by atoms with Gasteiger partial charge in [-0.05, 0) is 84.5 Å². The van der Waals surface area contributed by atoms with Crippen molar-refractivity contribution in [2.24, 2.45) is 23.2 Å². The second-order valence-electron chi connectivity index (χ2n) is 8.18. The van der Waals surface area contributed by atoms with E-state index in [1.54, 1.807) is 5.56 Å². The van der Waals surface area contributed by atoms with Gasteiger partial charge in [0.2, 0.25) is 0 Å². The molecule has 0 radical (unpaired) electrons. The van der Waals surface area contributed by atoms with Crippen LogP contribution in [-0.4, -0.2) is 11.2 Å². The van der Waals surface area contributed by atoms with Crippen LogP contribution in [0.3, 0.4) is 0 Å². The molecule has 0 spiro atoms. The van der Waals surface area contributed by atoms with Crippen LogP contribution in [-0.2, 0) is 6.42 Å². The summed E-state index contributed by atoms with van der Waals surface area (Å²) in [4.78, 5) is 0. The Balaban J connectivity index is 1.70. The molecule has 22 heavy (non-hydrogen) atoms. The lowest BCUT2D eigenvalue weighted by Crippen LogP contribution is -2.44. The van der Waals surface area contributed by atoms with E-state index in [-0.39, 0.29) is 11.5 Å². The average molecular weight is 294 g/mol. The first-order valence-corrected chi connectivity index (χ1v) is 8.82. The van der Waals surface area contributed by atoms with Gasteiger partial charge in [-0.15, -0.1) is 6.42 Å². The molecule has 3 aliphatic carbocycles. The van der Waals surface area contributed by atoms with Crippen molar-refractivity contribution < 1.29 is 5.11 Å². The zero-order valence-corrected chi connectivity index (χ0v) is 13.7. The summed E-state index contributed by atoms with van der Waals surface area (Å²) in [6.07, 6.45) is 11.5. The Morgan fingerprint density at radius 1 is 1.32 bits per heavy atom. The molecule has 116 valence electrons. The molecule has 1 nitrogen and oxygen atoms in total. The Morgan fingerprint density at radius 2 is 2.14 bits per heavy atom. The predicted octanol–water partition coefficient (Wildman–Crippen LogP) is 4.13. The average Bonchev–Trinajstić information content (AvgIpc) is 2.77. The maximum Gasteiger partial charge on any atom is 0.0622 e. The van der Waals surface area contributed by atoms with Gasteiger partial charge in [0.15, 0.2) is 0 Å². The highest BCUT2D eigenvalue weighted by molar-refractivity contribution is 5.43. The van der Waals surface area contributed by atoms with Crippen LogP contribution < -0.4 is 0 Å². The molecular weight excluding hydrogens is 268 g/mol. The third kappa shape index (κ3) is 1.83. The van der Waals surface area contributed by atoms with Crippen molar-refractivity contribution >= 4 is 0 Å². The minimum absolute atomic E-state index is 0.108. The second-order valence-corrected chi connectivity index (χ2v) is 8.18. The van der Waals surface area contributed by atoms with Crippen LogP contribution in [0, 0.1) is 35.5 Å². The van der Waals surface area contributed by atoms with E-state index in [0.29, 0.717) is 17.8 Å². The number of rotatable bonds is 0. The lowest BCUT2D eigenvalue weighted by molar-refractivity contribution is -0.0309. The fraction of sp³-hybridized carbons (Fsp3) is 0.619. The molecule has 4 rings (SSSR count). The van der Waals surface area contributed by atoms with Crippen LogP contribution in [0.15, 0.2) is 18.2 Å². The van der Waals surface area contributed by atoms with Crippen molar-refractivity contribution in [3.63, 3.8) is 0 Å². The largest absolute Gasteiger partial charge is 0.392 e. The van der Waals surface area contributed by atoms with Crippen molar-refractivity contribution in [2.45, 2.75) is 58.0 Å². The molecule has 0 saturated heterocycles. The molecule has 0 aliphatic heterocycles. The highest BCUT2D eigenvalue weighted by atomic mass is 16.3. The van der Waals surface area contributed by atoms with Gasteiger partial charge in [-0.2, -0.15) is 0 Å². The minimum atomic E-state index is -0.108. The maximum atomic E-state index is 10.7. The Labute approximate surface area is 134 Å². The van der Waals surface area contributed by atoms with Gasteiger partial charge in [-0.25, -0.2) is 0 Å². The van der Waals surface area contributed by atoms with Crippen molar-refractivity contribution in [3.05, 3.63) is 34.9 Å². The molecule has 3 aliphatic rings. The van der Waals surface area contributed by atoms with E-state index in [1.807, 2.05) is 0 Å². The third-order valence-electron chi connectivity index (χ3n) is 7.17. The molecule has 6 atom stereocenters. The second kappa shape index (κ2) is 4.87. The molecule has 1 aromatic rings. The number of hydrogen-bond acceptors (Lipinski definition) is 1. The SMILES string of the molecule is C#Cc1ccc2c(c1)CCC1C2CC[C@@]2(C)C1C[C@@H](C)[C@@H]2O. The first kappa shape index (κ1) is 14.3. The van der Waals surface area contributed by atoms with Gasteiger partial charge in [0, 0.05) is 5.56 Å². The van der Waals surface area contributed by atoms with E-state index in [1.165, 1.54) is 31.2 Å². The van der Waals surface area contributed by atoms with Gasteiger partial charge < -0.3 is 5.11 Å². The van der Waals surface area contributed by atoms with Crippen LogP contribution in [0.25, 0.3) is 0 Å². The lowest BCUT2D eigenvalue weighted by Gasteiger charge is -2.50. The van der Waals surface area contributed by atoms with Crippen molar-refractivity contribution in [2.75, 3.05) is 0 Å². The summed E-state index contributed by atoms with van der Waals surface area (Å²) in [6.45, 7) is 4.58. The van der Waals surface area contributed by atoms with Crippen LogP contribution in [0.5, 0.6) is 0 Å². The molecule has 2 saturated carbocycles. The quantitative estimate of drug-likeness (QED) is 0.713. The highest BCUT2D eigenvalue weighted by Gasteiger charge is 2.56. The summed E-state index contributed by atoms with van der Waals surface area (Å²) in [5.74, 6) is 5.36. The fourth-order valence-electron chi connectivity index (χ4n) is 6.01. The summed E-state index contributed by atoms with van der Waals surface area (Å²) < 4.78 is 0. The summed E-state index contributed by atoms with van der Waals surface area (Å²) >= 11 is 0. The molecule has 1 aromatic carbocycles. The summed E-state index contributed by atoms with van der Waals surface area (Å²) in [6, 6.07) is 6.63. The number of fused-ring (bicyclic) bond motifs is 5. The Morgan fingerprint density at radius 3 is 2.91 bits per heavy atom. The number of terminal acetylenes is 1. The maximum absolute atomic E-state index is 10.7.